The fraction of sp³-hybridized carbons (Fsp3) is 0.0769. The van der Waals surface area contributed by atoms with Gasteiger partial charge < -0.3 is 5.11 Å². The molecule has 0 saturated heterocycles. The number of carbonyl (C=O) groups is 1. The molecule has 1 aromatic carbocycles. The Balaban J connectivity index is 2.47. The molecular formula is C13H10N2O4S. The molecule has 0 unspecified atom stereocenters. The standard InChI is InChI=1S/C13H10N2O4S/c1-8-6-7-9(13(16)17)12(14-8)20-11-5-3-2-4-10(11)15(18)19/h2-7H,1H3,(H,16,17). The number of para-hydroxylation sites is 1. The van der Waals surface area contributed by atoms with Crippen LogP contribution in [0.2, 0.25) is 0 Å². The molecule has 0 spiro atoms. The normalized spacial score (nSPS) is 10.2. The van der Waals surface area contributed by atoms with E-state index >= 15 is 0 Å². The number of aromatic carboxylic acids is 1. The second-order valence-corrected chi connectivity index (χ2v) is 4.97. The number of aromatic nitrogens is 1. The van der Waals surface area contributed by atoms with E-state index in [4.69, 9.17) is 5.11 Å². The molecule has 0 amide bonds. The number of rotatable bonds is 4. The van der Waals surface area contributed by atoms with Gasteiger partial charge >= 0.3 is 5.97 Å². The Labute approximate surface area is 118 Å². The van der Waals surface area contributed by atoms with Crippen molar-refractivity contribution < 1.29 is 14.8 Å². The van der Waals surface area contributed by atoms with Gasteiger partial charge in [0.15, 0.2) is 0 Å². The number of carboxylic acid groups (broad SMARTS) is 1. The van der Waals surface area contributed by atoms with Crippen LogP contribution in [0.1, 0.15) is 16.1 Å². The van der Waals surface area contributed by atoms with Gasteiger partial charge in [-0.1, -0.05) is 23.9 Å². The maximum absolute atomic E-state index is 11.2. The number of benzene rings is 1. The molecule has 0 atom stereocenters. The van der Waals surface area contributed by atoms with E-state index in [1.807, 2.05) is 0 Å². The fourth-order valence-electron chi connectivity index (χ4n) is 1.57. The summed E-state index contributed by atoms with van der Waals surface area (Å²) < 4.78 is 0. The van der Waals surface area contributed by atoms with Crippen LogP contribution in [0.25, 0.3) is 0 Å². The second-order valence-electron chi connectivity index (χ2n) is 3.94. The van der Waals surface area contributed by atoms with Crippen LogP contribution in [0.5, 0.6) is 0 Å². The zero-order chi connectivity index (χ0) is 14.7. The predicted octanol–water partition coefficient (Wildman–Crippen LogP) is 3.15. The minimum Gasteiger partial charge on any atom is -0.478 e. The van der Waals surface area contributed by atoms with Crippen LogP contribution in [0.4, 0.5) is 5.69 Å². The average Bonchev–Trinajstić information content (AvgIpc) is 2.38. The molecule has 102 valence electrons. The number of nitro benzene ring substituents is 1. The number of nitrogens with zero attached hydrogens (tertiary/aromatic N) is 2. The molecule has 20 heavy (non-hydrogen) atoms. The van der Waals surface area contributed by atoms with Gasteiger partial charge in [-0.25, -0.2) is 9.78 Å². The van der Waals surface area contributed by atoms with Crippen molar-refractivity contribution in [3.05, 3.63) is 57.8 Å². The minimum absolute atomic E-state index is 0.0266. The molecule has 0 radical (unpaired) electrons. The van der Waals surface area contributed by atoms with Gasteiger partial charge in [0.05, 0.1) is 15.4 Å². The van der Waals surface area contributed by atoms with Crippen molar-refractivity contribution in [1.29, 1.82) is 0 Å². The van der Waals surface area contributed by atoms with E-state index in [1.54, 1.807) is 31.2 Å². The number of aryl methyl sites for hydroxylation is 1. The van der Waals surface area contributed by atoms with Crippen molar-refractivity contribution >= 4 is 23.4 Å². The van der Waals surface area contributed by atoms with Crippen molar-refractivity contribution in [1.82, 2.24) is 4.98 Å². The molecule has 7 heteroatoms. The third-order valence-corrected chi connectivity index (χ3v) is 3.57. The van der Waals surface area contributed by atoms with Crippen LogP contribution in [0, 0.1) is 17.0 Å². The molecule has 0 aliphatic carbocycles. The molecule has 6 nitrogen and oxygen atoms in total. The van der Waals surface area contributed by atoms with E-state index < -0.39 is 10.9 Å². The largest absolute Gasteiger partial charge is 0.478 e. The highest BCUT2D eigenvalue weighted by molar-refractivity contribution is 7.99. The van der Waals surface area contributed by atoms with Crippen molar-refractivity contribution in [3.8, 4) is 0 Å². The van der Waals surface area contributed by atoms with Crippen LogP contribution in [0.3, 0.4) is 0 Å². The summed E-state index contributed by atoms with van der Waals surface area (Å²) in [4.78, 5) is 26.1. The molecule has 0 aliphatic rings. The zero-order valence-corrected chi connectivity index (χ0v) is 11.3. The Morgan fingerprint density at radius 2 is 2.00 bits per heavy atom. The fourth-order valence-corrected chi connectivity index (χ4v) is 2.63. The Morgan fingerprint density at radius 1 is 1.30 bits per heavy atom. The average molecular weight is 290 g/mol. The first kappa shape index (κ1) is 14.0. The summed E-state index contributed by atoms with van der Waals surface area (Å²) in [5.41, 5.74) is 0.604. The van der Waals surface area contributed by atoms with Gasteiger partial charge in [0, 0.05) is 11.8 Å². The Hall–Kier alpha value is -2.41. The van der Waals surface area contributed by atoms with Gasteiger partial charge in [-0.05, 0) is 25.1 Å². The third kappa shape index (κ3) is 2.94. The van der Waals surface area contributed by atoms with Crippen molar-refractivity contribution in [2.24, 2.45) is 0 Å². The molecule has 1 heterocycles. The second kappa shape index (κ2) is 5.70. The number of pyridine rings is 1. The Bertz CT molecular complexity index is 688. The lowest BCUT2D eigenvalue weighted by molar-refractivity contribution is -0.387. The van der Waals surface area contributed by atoms with Crippen LogP contribution < -0.4 is 0 Å². The highest BCUT2D eigenvalue weighted by Gasteiger charge is 2.18. The summed E-state index contributed by atoms with van der Waals surface area (Å²) in [6, 6.07) is 9.20. The molecule has 1 aromatic heterocycles. The van der Waals surface area contributed by atoms with E-state index in [9.17, 15) is 14.9 Å². The predicted molar refractivity (Wildman–Crippen MR) is 73.2 cm³/mol. The minimum atomic E-state index is -1.11. The summed E-state index contributed by atoms with van der Waals surface area (Å²) in [5, 5.41) is 20.3. The van der Waals surface area contributed by atoms with Crippen LogP contribution in [0.15, 0.2) is 46.3 Å². The molecule has 1 N–H and O–H groups in total. The molecule has 0 fully saturated rings. The molecular weight excluding hydrogens is 280 g/mol. The first-order chi connectivity index (χ1) is 9.49. The highest BCUT2D eigenvalue weighted by Crippen LogP contribution is 2.35. The van der Waals surface area contributed by atoms with Gasteiger partial charge in [0.2, 0.25) is 0 Å². The number of nitro groups is 1. The Morgan fingerprint density at radius 3 is 2.65 bits per heavy atom. The van der Waals surface area contributed by atoms with E-state index in [1.165, 1.54) is 12.1 Å². The van der Waals surface area contributed by atoms with Gasteiger partial charge in [-0.3, -0.25) is 10.1 Å². The summed E-state index contributed by atoms with van der Waals surface area (Å²) in [6.45, 7) is 1.73. The van der Waals surface area contributed by atoms with Crippen LogP contribution in [-0.2, 0) is 0 Å². The molecule has 0 bridgehead atoms. The van der Waals surface area contributed by atoms with Crippen molar-refractivity contribution in [2.75, 3.05) is 0 Å². The van der Waals surface area contributed by atoms with Crippen molar-refractivity contribution in [2.45, 2.75) is 16.8 Å². The van der Waals surface area contributed by atoms with Gasteiger partial charge in [0.25, 0.3) is 5.69 Å². The van der Waals surface area contributed by atoms with E-state index in [0.717, 1.165) is 11.8 Å². The lowest BCUT2D eigenvalue weighted by atomic mass is 10.2. The summed E-state index contributed by atoms with van der Waals surface area (Å²) >= 11 is 0.978. The smallest absolute Gasteiger partial charge is 0.338 e. The van der Waals surface area contributed by atoms with Gasteiger partial charge in [0.1, 0.15) is 5.03 Å². The first-order valence-electron chi connectivity index (χ1n) is 5.61. The summed E-state index contributed by atoms with van der Waals surface area (Å²) in [5.74, 6) is -1.11. The van der Waals surface area contributed by atoms with Gasteiger partial charge in [-0.15, -0.1) is 0 Å². The van der Waals surface area contributed by atoms with E-state index in [-0.39, 0.29) is 16.3 Å². The van der Waals surface area contributed by atoms with Crippen LogP contribution >= 0.6 is 11.8 Å². The van der Waals surface area contributed by atoms with E-state index in [0.29, 0.717) is 10.6 Å². The number of hydrogen-bond donors (Lipinski definition) is 1. The third-order valence-electron chi connectivity index (χ3n) is 2.50. The highest BCUT2D eigenvalue weighted by atomic mass is 32.2. The number of hydrogen-bond acceptors (Lipinski definition) is 5. The van der Waals surface area contributed by atoms with Gasteiger partial charge in [-0.2, -0.15) is 0 Å². The zero-order valence-electron chi connectivity index (χ0n) is 10.4. The van der Waals surface area contributed by atoms with Crippen molar-refractivity contribution in [3.63, 3.8) is 0 Å². The van der Waals surface area contributed by atoms with E-state index in [2.05, 4.69) is 4.98 Å². The lowest BCUT2D eigenvalue weighted by Crippen LogP contribution is -2.02. The van der Waals surface area contributed by atoms with Crippen LogP contribution in [-0.4, -0.2) is 21.0 Å². The lowest BCUT2D eigenvalue weighted by Gasteiger charge is -2.06. The topological polar surface area (TPSA) is 93.3 Å². The molecule has 0 aliphatic heterocycles. The molecule has 0 saturated carbocycles. The first-order valence-corrected chi connectivity index (χ1v) is 6.43. The maximum Gasteiger partial charge on any atom is 0.338 e. The maximum atomic E-state index is 11.2. The number of carboxylic acids is 1. The Kier molecular flexibility index (Phi) is 3.99. The summed E-state index contributed by atoms with van der Waals surface area (Å²) in [7, 11) is 0. The molecule has 2 aromatic rings. The quantitative estimate of drug-likeness (QED) is 0.686. The SMILES string of the molecule is Cc1ccc(C(=O)O)c(Sc2ccccc2[N+](=O)[O-])n1. The summed E-state index contributed by atoms with van der Waals surface area (Å²) in [6.07, 6.45) is 0. The molecule has 2 rings (SSSR count). The monoisotopic (exact) mass is 290 g/mol.